The molecule has 0 saturated carbocycles. The molecule has 0 unspecified atom stereocenters. The molecule has 0 bridgehead atoms. The van der Waals surface area contributed by atoms with Crippen molar-refractivity contribution in [2.75, 3.05) is 7.11 Å². The first-order chi connectivity index (χ1) is 6.22. The second-order valence-electron chi connectivity index (χ2n) is 2.36. The van der Waals surface area contributed by atoms with Crippen LogP contribution >= 0.6 is 15.9 Å². The number of benzene rings is 1. The van der Waals surface area contributed by atoms with E-state index in [9.17, 15) is 9.59 Å². The van der Waals surface area contributed by atoms with E-state index in [4.69, 9.17) is 4.74 Å². The highest BCUT2D eigenvalue weighted by molar-refractivity contribution is 9.10. The van der Waals surface area contributed by atoms with Crippen LogP contribution in [0, 0.1) is 0 Å². The van der Waals surface area contributed by atoms with E-state index >= 15 is 0 Å². The number of aldehydes is 2. The summed E-state index contributed by atoms with van der Waals surface area (Å²) in [7, 11) is 1.48. The van der Waals surface area contributed by atoms with Crippen LogP contribution < -0.4 is 4.74 Å². The molecule has 0 aliphatic carbocycles. The predicted octanol–water partition coefficient (Wildman–Crippen LogP) is 2.08. The molecule has 0 spiro atoms. The monoisotopic (exact) mass is 242 g/mol. The van der Waals surface area contributed by atoms with Crippen molar-refractivity contribution < 1.29 is 14.3 Å². The van der Waals surface area contributed by atoms with E-state index in [0.717, 1.165) is 0 Å². The van der Waals surface area contributed by atoms with Crippen LogP contribution in [0.2, 0.25) is 0 Å². The van der Waals surface area contributed by atoms with E-state index in [1.165, 1.54) is 13.2 Å². The Labute approximate surface area is 83.8 Å². The van der Waals surface area contributed by atoms with Crippen molar-refractivity contribution in [3.05, 3.63) is 27.7 Å². The Kier molecular flexibility index (Phi) is 3.19. The van der Waals surface area contributed by atoms with Crippen molar-refractivity contribution in [3.8, 4) is 5.75 Å². The summed E-state index contributed by atoms with van der Waals surface area (Å²) in [4.78, 5) is 21.0. The number of carbonyl (C=O) groups excluding carboxylic acids is 2. The first-order valence-corrected chi connectivity index (χ1v) is 4.30. The molecule has 0 fully saturated rings. The van der Waals surface area contributed by atoms with Gasteiger partial charge in [-0.1, -0.05) is 0 Å². The molecule has 0 N–H and O–H groups in total. The molecule has 0 radical (unpaired) electrons. The Bertz CT molecular complexity index is 347. The predicted molar refractivity (Wildman–Crippen MR) is 51.5 cm³/mol. The standard InChI is InChI=1S/C9H7BrO3/c1-13-8-3-6(4-11)2-7(5-12)9(8)10/h2-5H,1H3. The molecule has 68 valence electrons. The Morgan fingerprint density at radius 2 is 2.00 bits per heavy atom. The van der Waals surface area contributed by atoms with Gasteiger partial charge in [0.1, 0.15) is 12.0 Å². The fourth-order valence-electron chi connectivity index (χ4n) is 0.944. The molecule has 0 aliphatic heterocycles. The normalized spacial score (nSPS) is 9.38. The third-order valence-electron chi connectivity index (χ3n) is 1.57. The number of hydrogen-bond donors (Lipinski definition) is 0. The lowest BCUT2D eigenvalue weighted by atomic mass is 10.1. The zero-order valence-corrected chi connectivity index (χ0v) is 8.50. The average Bonchev–Trinajstić information content (AvgIpc) is 2.18. The molecule has 0 saturated heterocycles. The number of halogens is 1. The summed E-state index contributed by atoms with van der Waals surface area (Å²) in [6.07, 6.45) is 1.33. The minimum absolute atomic E-state index is 0.404. The van der Waals surface area contributed by atoms with Crippen molar-refractivity contribution >= 4 is 28.5 Å². The summed E-state index contributed by atoms with van der Waals surface area (Å²) in [5, 5.41) is 0. The summed E-state index contributed by atoms with van der Waals surface area (Å²) in [5.41, 5.74) is 0.823. The van der Waals surface area contributed by atoms with Gasteiger partial charge in [0.05, 0.1) is 11.6 Å². The number of ether oxygens (including phenoxy) is 1. The lowest BCUT2D eigenvalue weighted by Gasteiger charge is -2.05. The lowest BCUT2D eigenvalue weighted by Crippen LogP contribution is -1.92. The van der Waals surface area contributed by atoms with Gasteiger partial charge in [0.2, 0.25) is 0 Å². The smallest absolute Gasteiger partial charge is 0.151 e. The molecule has 1 aromatic carbocycles. The Hall–Kier alpha value is -1.16. The zero-order valence-electron chi connectivity index (χ0n) is 6.91. The minimum atomic E-state index is 0.404. The van der Waals surface area contributed by atoms with Gasteiger partial charge in [-0.05, 0) is 28.1 Å². The largest absolute Gasteiger partial charge is 0.496 e. The highest BCUT2D eigenvalue weighted by Crippen LogP contribution is 2.28. The highest BCUT2D eigenvalue weighted by atomic mass is 79.9. The van der Waals surface area contributed by atoms with Crippen molar-refractivity contribution in [1.29, 1.82) is 0 Å². The maximum absolute atomic E-state index is 10.6. The van der Waals surface area contributed by atoms with Gasteiger partial charge < -0.3 is 4.74 Å². The molecule has 0 atom stereocenters. The van der Waals surface area contributed by atoms with Gasteiger partial charge in [0.25, 0.3) is 0 Å². The van der Waals surface area contributed by atoms with E-state index < -0.39 is 0 Å². The van der Waals surface area contributed by atoms with Gasteiger partial charge in [0, 0.05) is 11.1 Å². The fraction of sp³-hybridized carbons (Fsp3) is 0.111. The topological polar surface area (TPSA) is 43.4 Å². The second kappa shape index (κ2) is 4.18. The van der Waals surface area contributed by atoms with E-state index in [-0.39, 0.29) is 0 Å². The number of hydrogen-bond acceptors (Lipinski definition) is 3. The van der Waals surface area contributed by atoms with Gasteiger partial charge in [0.15, 0.2) is 6.29 Å². The zero-order chi connectivity index (χ0) is 9.84. The SMILES string of the molecule is COc1cc(C=O)cc(C=O)c1Br. The molecular formula is C9H7BrO3. The van der Waals surface area contributed by atoms with Crippen LogP contribution in [-0.4, -0.2) is 19.7 Å². The van der Waals surface area contributed by atoms with Crippen LogP contribution in [0.3, 0.4) is 0 Å². The van der Waals surface area contributed by atoms with E-state index in [1.54, 1.807) is 6.07 Å². The highest BCUT2D eigenvalue weighted by Gasteiger charge is 2.07. The fourth-order valence-corrected chi connectivity index (χ4v) is 1.43. The summed E-state index contributed by atoms with van der Waals surface area (Å²) >= 11 is 3.19. The second-order valence-corrected chi connectivity index (χ2v) is 3.16. The van der Waals surface area contributed by atoms with Crippen LogP contribution in [0.1, 0.15) is 20.7 Å². The quantitative estimate of drug-likeness (QED) is 0.763. The molecule has 4 heteroatoms. The third-order valence-corrected chi connectivity index (χ3v) is 2.42. The van der Waals surface area contributed by atoms with Crippen molar-refractivity contribution in [3.63, 3.8) is 0 Å². The van der Waals surface area contributed by atoms with Crippen LogP contribution in [0.25, 0.3) is 0 Å². The summed E-state index contributed by atoms with van der Waals surface area (Å²) in [6.45, 7) is 0. The Morgan fingerprint density at radius 3 is 2.46 bits per heavy atom. The Morgan fingerprint density at radius 1 is 1.31 bits per heavy atom. The molecule has 0 amide bonds. The van der Waals surface area contributed by atoms with Crippen LogP contribution in [-0.2, 0) is 0 Å². The number of methoxy groups -OCH3 is 1. The molecule has 3 nitrogen and oxygen atoms in total. The maximum Gasteiger partial charge on any atom is 0.151 e. The summed E-state index contributed by atoms with van der Waals surface area (Å²) < 4.78 is 5.53. The number of rotatable bonds is 3. The van der Waals surface area contributed by atoms with Crippen LogP contribution in [0.5, 0.6) is 5.75 Å². The van der Waals surface area contributed by atoms with Crippen LogP contribution in [0.15, 0.2) is 16.6 Å². The molecule has 0 aromatic heterocycles. The van der Waals surface area contributed by atoms with E-state index in [1.807, 2.05) is 0 Å². The maximum atomic E-state index is 10.6. The van der Waals surface area contributed by atoms with Crippen LogP contribution in [0.4, 0.5) is 0 Å². The number of carbonyl (C=O) groups is 2. The molecule has 0 aliphatic rings. The molecule has 1 aromatic rings. The van der Waals surface area contributed by atoms with Crippen molar-refractivity contribution in [1.82, 2.24) is 0 Å². The van der Waals surface area contributed by atoms with Gasteiger partial charge in [-0.25, -0.2) is 0 Å². The van der Waals surface area contributed by atoms with Gasteiger partial charge >= 0.3 is 0 Å². The minimum Gasteiger partial charge on any atom is -0.496 e. The molecule has 0 heterocycles. The average molecular weight is 243 g/mol. The molecular weight excluding hydrogens is 236 g/mol. The lowest BCUT2D eigenvalue weighted by molar-refractivity contribution is 0.112. The van der Waals surface area contributed by atoms with Crippen molar-refractivity contribution in [2.24, 2.45) is 0 Å². The first-order valence-electron chi connectivity index (χ1n) is 3.50. The summed E-state index contributed by atoms with van der Waals surface area (Å²) in [5.74, 6) is 0.478. The molecule has 13 heavy (non-hydrogen) atoms. The van der Waals surface area contributed by atoms with Crippen molar-refractivity contribution in [2.45, 2.75) is 0 Å². The van der Waals surface area contributed by atoms with E-state index in [2.05, 4.69) is 15.9 Å². The Balaban J connectivity index is 3.36. The first kappa shape index (κ1) is 9.92. The molecule has 1 rings (SSSR count). The van der Waals surface area contributed by atoms with E-state index in [0.29, 0.717) is 33.9 Å². The van der Waals surface area contributed by atoms with Gasteiger partial charge in [-0.15, -0.1) is 0 Å². The van der Waals surface area contributed by atoms with Gasteiger partial charge in [-0.2, -0.15) is 0 Å². The summed E-state index contributed by atoms with van der Waals surface area (Å²) in [6, 6.07) is 3.05. The van der Waals surface area contributed by atoms with Gasteiger partial charge in [-0.3, -0.25) is 9.59 Å². The third kappa shape index (κ3) is 1.95.